The molecular formula is C30H28BrN3O5. The van der Waals surface area contributed by atoms with Gasteiger partial charge in [0.15, 0.2) is 17.3 Å². The Balaban J connectivity index is 1.65. The Bertz CT molecular complexity index is 1740. The van der Waals surface area contributed by atoms with Gasteiger partial charge in [-0.1, -0.05) is 25.1 Å². The summed E-state index contributed by atoms with van der Waals surface area (Å²) >= 11 is 3.61. The van der Waals surface area contributed by atoms with Crippen LogP contribution < -0.4 is 19.8 Å². The van der Waals surface area contributed by atoms with E-state index < -0.39 is 0 Å². The lowest BCUT2D eigenvalue weighted by molar-refractivity contribution is 0.202. The summed E-state index contributed by atoms with van der Waals surface area (Å²) < 4.78 is 25.5. The molecule has 39 heavy (non-hydrogen) atoms. The highest BCUT2D eigenvalue weighted by Gasteiger charge is 2.18. The van der Waals surface area contributed by atoms with Crippen LogP contribution in [0.1, 0.15) is 32.8 Å². The van der Waals surface area contributed by atoms with Crippen molar-refractivity contribution in [2.24, 2.45) is 5.10 Å². The SMILES string of the molecule is CCOc1cc(C=Nn2c(-c3cc4c(OC)cccc4o3)nc3ccccc3c2=O)cc(Br)c1O[C@@H](C)CC. The Morgan fingerprint density at radius 3 is 2.67 bits per heavy atom. The lowest BCUT2D eigenvalue weighted by Crippen LogP contribution is -2.20. The van der Waals surface area contributed by atoms with Crippen LogP contribution in [0, 0.1) is 0 Å². The van der Waals surface area contributed by atoms with Crippen LogP contribution in [0.5, 0.6) is 17.2 Å². The highest BCUT2D eigenvalue weighted by atomic mass is 79.9. The fourth-order valence-corrected chi connectivity index (χ4v) is 4.71. The van der Waals surface area contributed by atoms with Crippen molar-refractivity contribution in [1.29, 1.82) is 0 Å². The molecule has 3 aromatic carbocycles. The third kappa shape index (κ3) is 5.27. The number of hydrogen-bond donors (Lipinski definition) is 0. The van der Waals surface area contributed by atoms with Gasteiger partial charge in [-0.05, 0) is 84.2 Å². The molecule has 9 heteroatoms. The molecule has 0 aliphatic heterocycles. The first-order chi connectivity index (χ1) is 18.9. The van der Waals surface area contributed by atoms with Crippen molar-refractivity contribution >= 4 is 44.0 Å². The van der Waals surface area contributed by atoms with E-state index >= 15 is 0 Å². The molecule has 2 aromatic heterocycles. The van der Waals surface area contributed by atoms with E-state index in [1.165, 1.54) is 4.68 Å². The Morgan fingerprint density at radius 1 is 1.08 bits per heavy atom. The number of aromatic nitrogens is 2. The zero-order chi connectivity index (χ0) is 27.5. The zero-order valence-corrected chi connectivity index (χ0v) is 23.7. The van der Waals surface area contributed by atoms with E-state index in [0.717, 1.165) is 16.3 Å². The minimum atomic E-state index is -0.319. The van der Waals surface area contributed by atoms with Gasteiger partial charge in [0.05, 0.1) is 46.8 Å². The predicted octanol–water partition coefficient (Wildman–Crippen LogP) is 7.04. The van der Waals surface area contributed by atoms with Crippen LogP contribution in [-0.2, 0) is 0 Å². The van der Waals surface area contributed by atoms with Gasteiger partial charge in [-0.2, -0.15) is 9.78 Å². The first-order valence-electron chi connectivity index (χ1n) is 12.7. The van der Waals surface area contributed by atoms with Gasteiger partial charge in [0, 0.05) is 0 Å². The second-order valence-electron chi connectivity index (χ2n) is 8.90. The van der Waals surface area contributed by atoms with Gasteiger partial charge >= 0.3 is 0 Å². The molecule has 0 spiro atoms. The Labute approximate surface area is 234 Å². The lowest BCUT2D eigenvalue weighted by atomic mass is 10.2. The molecule has 2 heterocycles. The summed E-state index contributed by atoms with van der Waals surface area (Å²) in [6, 6.07) is 18.2. The van der Waals surface area contributed by atoms with Gasteiger partial charge in [0.2, 0.25) is 5.82 Å². The Hall–Kier alpha value is -4.11. The van der Waals surface area contributed by atoms with Crippen molar-refractivity contribution in [2.45, 2.75) is 33.3 Å². The molecule has 0 unspecified atom stereocenters. The lowest BCUT2D eigenvalue weighted by Gasteiger charge is -2.18. The van der Waals surface area contributed by atoms with E-state index in [9.17, 15) is 4.79 Å². The van der Waals surface area contributed by atoms with Gasteiger partial charge < -0.3 is 18.6 Å². The number of furan rings is 1. The van der Waals surface area contributed by atoms with Crippen LogP contribution in [0.3, 0.4) is 0 Å². The maximum absolute atomic E-state index is 13.6. The number of nitrogens with zero attached hydrogens (tertiary/aromatic N) is 3. The summed E-state index contributed by atoms with van der Waals surface area (Å²) in [5.74, 6) is 2.54. The van der Waals surface area contributed by atoms with Gasteiger partial charge in [-0.25, -0.2) is 4.98 Å². The van der Waals surface area contributed by atoms with Crippen molar-refractivity contribution in [2.75, 3.05) is 13.7 Å². The number of para-hydroxylation sites is 1. The predicted molar refractivity (Wildman–Crippen MR) is 156 cm³/mol. The third-order valence-corrected chi connectivity index (χ3v) is 6.85. The molecule has 0 fully saturated rings. The summed E-state index contributed by atoms with van der Waals surface area (Å²) in [5, 5.41) is 5.79. The average molecular weight is 590 g/mol. The fourth-order valence-electron chi connectivity index (χ4n) is 4.16. The van der Waals surface area contributed by atoms with Crippen molar-refractivity contribution in [1.82, 2.24) is 9.66 Å². The molecule has 0 amide bonds. The first kappa shape index (κ1) is 26.5. The monoisotopic (exact) mass is 589 g/mol. The third-order valence-electron chi connectivity index (χ3n) is 6.26. The number of hydrogen-bond acceptors (Lipinski definition) is 7. The van der Waals surface area contributed by atoms with E-state index in [0.29, 0.717) is 51.7 Å². The van der Waals surface area contributed by atoms with Crippen molar-refractivity contribution in [3.05, 3.63) is 81.1 Å². The van der Waals surface area contributed by atoms with E-state index in [4.69, 9.17) is 23.6 Å². The average Bonchev–Trinajstić information content (AvgIpc) is 3.39. The highest BCUT2D eigenvalue weighted by Crippen LogP contribution is 2.38. The van der Waals surface area contributed by atoms with Crippen LogP contribution in [-0.4, -0.2) is 35.7 Å². The van der Waals surface area contributed by atoms with Crippen LogP contribution in [0.2, 0.25) is 0 Å². The van der Waals surface area contributed by atoms with Crippen LogP contribution in [0.4, 0.5) is 0 Å². The van der Waals surface area contributed by atoms with Crippen molar-refractivity contribution in [3.8, 4) is 28.8 Å². The van der Waals surface area contributed by atoms with Crippen molar-refractivity contribution < 1.29 is 18.6 Å². The number of halogens is 1. The number of benzene rings is 3. The first-order valence-corrected chi connectivity index (χ1v) is 13.5. The minimum Gasteiger partial charge on any atom is -0.496 e. The largest absolute Gasteiger partial charge is 0.496 e. The summed E-state index contributed by atoms with van der Waals surface area (Å²) in [5.41, 5.74) is 1.55. The molecule has 0 saturated heterocycles. The summed E-state index contributed by atoms with van der Waals surface area (Å²) in [7, 11) is 1.60. The molecule has 0 N–H and O–H groups in total. The molecule has 1 atom stereocenters. The molecule has 5 aromatic rings. The van der Waals surface area contributed by atoms with Crippen LogP contribution in [0.15, 0.2) is 79.4 Å². The topological polar surface area (TPSA) is 88.1 Å². The summed E-state index contributed by atoms with van der Waals surface area (Å²) in [6.07, 6.45) is 2.47. The second-order valence-corrected chi connectivity index (χ2v) is 9.75. The molecule has 0 aliphatic rings. The quantitative estimate of drug-likeness (QED) is 0.171. The molecule has 8 nitrogen and oxygen atoms in total. The van der Waals surface area contributed by atoms with Crippen LogP contribution >= 0.6 is 15.9 Å². The number of fused-ring (bicyclic) bond motifs is 2. The highest BCUT2D eigenvalue weighted by molar-refractivity contribution is 9.10. The van der Waals surface area contributed by atoms with E-state index in [1.54, 1.807) is 31.5 Å². The van der Waals surface area contributed by atoms with Crippen LogP contribution in [0.25, 0.3) is 33.5 Å². The molecular weight excluding hydrogens is 562 g/mol. The van der Waals surface area contributed by atoms with E-state index in [-0.39, 0.29) is 17.5 Å². The standard InChI is InChI=1S/C30H28BrN3O5/c1-5-18(3)38-28-22(31)14-19(15-26(28)37-6-2)17-32-34-29(33-23-11-8-7-10-20(23)30(34)35)27-16-21-24(36-4)12-9-13-25(21)39-27/h7-18H,5-6H2,1-4H3/t18-/m0/s1. The summed E-state index contributed by atoms with van der Waals surface area (Å²) in [6.45, 7) is 6.45. The second kappa shape index (κ2) is 11.3. The number of methoxy groups -OCH3 is 1. The van der Waals surface area contributed by atoms with Crippen molar-refractivity contribution in [3.63, 3.8) is 0 Å². The normalized spacial score (nSPS) is 12.3. The molecule has 200 valence electrons. The molecule has 0 saturated carbocycles. The maximum Gasteiger partial charge on any atom is 0.282 e. The number of ether oxygens (including phenoxy) is 3. The molecule has 5 rings (SSSR count). The molecule has 0 bridgehead atoms. The zero-order valence-electron chi connectivity index (χ0n) is 22.1. The van der Waals surface area contributed by atoms with Gasteiger partial charge in [-0.15, -0.1) is 0 Å². The van der Waals surface area contributed by atoms with Gasteiger partial charge in [0.25, 0.3) is 5.56 Å². The minimum absolute atomic E-state index is 0.0206. The van der Waals surface area contributed by atoms with E-state index in [2.05, 4.69) is 28.0 Å². The van der Waals surface area contributed by atoms with E-state index in [1.807, 2.05) is 56.3 Å². The van der Waals surface area contributed by atoms with Gasteiger partial charge in [0.1, 0.15) is 11.3 Å². The summed E-state index contributed by atoms with van der Waals surface area (Å²) in [4.78, 5) is 18.4. The molecule has 0 aliphatic carbocycles. The Kier molecular flexibility index (Phi) is 7.70. The maximum atomic E-state index is 13.6. The Morgan fingerprint density at radius 2 is 1.90 bits per heavy atom. The fraction of sp³-hybridized carbons (Fsp3) is 0.233. The smallest absolute Gasteiger partial charge is 0.282 e. The number of rotatable bonds is 9. The molecule has 0 radical (unpaired) electrons. The van der Waals surface area contributed by atoms with Gasteiger partial charge in [-0.3, -0.25) is 4.79 Å².